The zero-order chi connectivity index (χ0) is 24.5. The molecule has 7 heteroatoms. The number of hydrogen-bond donors (Lipinski definition) is 0. The van der Waals surface area contributed by atoms with Crippen LogP contribution < -0.4 is 0 Å². The number of aryl methyl sites for hydroxylation is 1. The van der Waals surface area contributed by atoms with E-state index in [9.17, 15) is 9.18 Å². The lowest BCUT2D eigenvalue weighted by Crippen LogP contribution is -2.30. The van der Waals surface area contributed by atoms with Gasteiger partial charge in [0.1, 0.15) is 12.4 Å². The number of benzene rings is 3. The van der Waals surface area contributed by atoms with Crippen LogP contribution in [0.1, 0.15) is 29.3 Å². The minimum absolute atomic E-state index is 0.155. The summed E-state index contributed by atoms with van der Waals surface area (Å²) in [4.78, 5) is 17.8. The van der Waals surface area contributed by atoms with E-state index in [0.717, 1.165) is 33.3 Å². The first-order valence-electron chi connectivity index (χ1n) is 11.3. The summed E-state index contributed by atoms with van der Waals surface area (Å²) >= 11 is 6.38. The molecule has 0 spiro atoms. The first-order chi connectivity index (χ1) is 17.0. The fourth-order valence-corrected chi connectivity index (χ4v) is 4.86. The van der Waals surface area contributed by atoms with Crippen LogP contribution in [0.4, 0.5) is 4.39 Å². The number of carbonyl (C=O) groups is 1. The number of hydrogen-bond acceptors (Lipinski definition) is 4. The number of aromatic nitrogens is 1. The normalized spacial score (nSPS) is 15.5. The smallest absolute Gasteiger partial charge is 0.269 e. The van der Waals surface area contributed by atoms with Gasteiger partial charge in [-0.2, -0.15) is 5.10 Å². The van der Waals surface area contributed by atoms with Crippen LogP contribution in [-0.4, -0.2) is 35.3 Å². The van der Waals surface area contributed by atoms with Crippen LogP contribution in [0.5, 0.6) is 0 Å². The minimum atomic E-state index is -0.591. The third kappa shape index (κ3) is 4.31. The van der Waals surface area contributed by atoms with Crippen LogP contribution in [0, 0.1) is 12.7 Å². The van der Waals surface area contributed by atoms with Gasteiger partial charge in [0.05, 0.1) is 17.3 Å². The Hall–Kier alpha value is -3.61. The Morgan fingerprint density at radius 3 is 2.57 bits per heavy atom. The molecule has 2 heterocycles. The second-order valence-corrected chi connectivity index (χ2v) is 8.87. The fraction of sp³-hybridized carbons (Fsp3) is 0.179. The zero-order valence-corrected chi connectivity index (χ0v) is 20.1. The topological polar surface area (TPSA) is 54.8 Å². The average Bonchev–Trinajstić information content (AvgIpc) is 3.29. The first-order valence-corrected chi connectivity index (χ1v) is 11.6. The molecule has 0 aliphatic carbocycles. The van der Waals surface area contributed by atoms with Crippen molar-refractivity contribution >= 4 is 34.1 Å². The van der Waals surface area contributed by atoms with Gasteiger partial charge in [-0.3, -0.25) is 9.78 Å². The van der Waals surface area contributed by atoms with E-state index >= 15 is 0 Å². The van der Waals surface area contributed by atoms with E-state index in [1.165, 1.54) is 18.2 Å². The van der Waals surface area contributed by atoms with Crippen LogP contribution >= 0.6 is 11.6 Å². The molecule has 1 aliphatic heterocycles. The molecular weight excluding hydrogens is 465 g/mol. The van der Waals surface area contributed by atoms with E-state index < -0.39 is 6.04 Å². The molecule has 0 N–H and O–H groups in total. The number of methoxy groups -OCH3 is 1. The monoisotopic (exact) mass is 487 g/mol. The van der Waals surface area contributed by atoms with Gasteiger partial charge in [-0.15, -0.1) is 0 Å². The number of halogens is 2. The Morgan fingerprint density at radius 2 is 1.83 bits per heavy atom. The highest BCUT2D eigenvalue weighted by molar-refractivity contribution is 6.31. The molecule has 0 bridgehead atoms. The number of ether oxygens (including phenoxy) is 1. The Balaban J connectivity index is 1.74. The quantitative estimate of drug-likeness (QED) is 0.330. The molecule has 3 aromatic carbocycles. The molecule has 1 amide bonds. The molecule has 35 heavy (non-hydrogen) atoms. The van der Waals surface area contributed by atoms with Crippen LogP contribution in [-0.2, 0) is 9.53 Å². The maximum atomic E-state index is 14.8. The summed E-state index contributed by atoms with van der Waals surface area (Å²) in [6.45, 7) is 1.77. The Kier molecular flexibility index (Phi) is 6.32. The Bertz CT molecular complexity index is 1460. The molecule has 1 aliphatic rings. The van der Waals surface area contributed by atoms with Gasteiger partial charge >= 0.3 is 0 Å². The van der Waals surface area contributed by atoms with E-state index in [0.29, 0.717) is 22.7 Å². The minimum Gasteiger partial charge on any atom is -0.375 e. The molecule has 176 valence electrons. The second-order valence-electron chi connectivity index (χ2n) is 8.43. The van der Waals surface area contributed by atoms with Crippen molar-refractivity contribution in [3.8, 4) is 11.1 Å². The second kappa shape index (κ2) is 9.56. The van der Waals surface area contributed by atoms with Crippen molar-refractivity contribution < 1.29 is 13.9 Å². The third-order valence-corrected chi connectivity index (χ3v) is 6.41. The van der Waals surface area contributed by atoms with Crippen molar-refractivity contribution in [2.75, 3.05) is 13.7 Å². The molecule has 1 aromatic heterocycles. The fourth-order valence-electron chi connectivity index (χ4n) is 4.68. The van der Waals surface area contributed by atoms with E-state index in [2.05, 4.69) is 0 Å². The summed E-state index contributed by atoms with van der Waals surface area (Å²) in [6.07, 6.45) is 0.338. The van der Waals surface area contributed by atoms with Crippen molar-refractivity contribution in [3.05, 3.63) is 100 Å². The molecule has 4 aromatic rings. The van der Waals surface area contributed by atoms with Gasteiger partial charge in [0.15, 0.2) is 0 Å². The summed E-state index contributed by atoms with van der Waals surface area (Å²) in [5.74, 6) is -0.723. The lowest BCUT2D eigenvalue weighted by atomic mass is 9.89. The summed E-state index contributed by atoms with van der Waals surface area (Å²) < 4.78 is 19.9. The van der Waals surface area contributed by atoms with Crippen LogP contribution in [0.3, 0.4) is 0 Å². The predicted octanol–water partition coefficient (Wildman–Crippen LogP) is 6.33. The van der Waals surface area contributed by atoms with E-state index in [4.69, 9.17) is 26.4 Å². The molecule has 0 fully saturated rings. The van der Waals surface area contributed by atoms with Crippen molar-refractivity contribution in [1.82, 2.24) is 9.99 Å². The molecule has 1 atom stereocenters. The first kappa shape index (κ1) is 23.1. The SMILES string of the molecule is COCC(=O)N1N=C(c2c(C)nc3ccc(Cl)cc3c2-c2ccccc2)CC1c1ccccc1F. The number of rotatable bonds is 5. The van der Waals surface area contributed by atoms with Gasteiger partial charge in [0.25, 0.3) is 5.91 Å². The predicted molar refractivity (Wildman–Crippen MR) is 136 cm³/mol. The lowest BCUT2D eigenvalue weighted by Gasteiger charge is -2.22. The molecule has 5 nitrogen and oxygen atoms in total. The number of carbonyl (C=O) groups excluding carboxylic acids is 1. The van der Waals surface area contributed by atoms with Crippen molar-refractivity contribution in [2.24, 2.45) is 5.10 Å². The van der Waals surface area contributed by atoms with Gasteiger partial charge in [-0.1, -0.05) is 60.1 Å². The molecule has 0 saturated heterocycles. The van der Waals surface area contributed by atoms with Gasteiger partial charge in [-0.25, -0.2) is 9.40 Å². The Morgan fingerprint density at radius 1 is 1.09 bits per heavy atom. The van der Waals surface area contributed by atoms with Gasteiger partial charge in [-0.05, 0) is 36.8 Å². The van der Waals surface area contributed by atoms with E-state index in [1.54, 1.807) is 18.2 Å². The van der Waals surface area contributed by atoms with E-state index in [1.807, 2.05) is 55.5 Å². The number of fused-ring (bicyclic) bond motifs is 1. The van der Waals surface area contributed by atoms with E-state index in [-0.39, 0.29) is 18.3 Å². The number of nitrogens with zero attached hydrogens (tertiary/aromatic N) is 3. The number of pyridine rings is 1. The van der Waals surface area contributed by atoms with Crippen molar-refractivity contribution in [3.63, 3.8) is 0 Å². The maximum Gasteiger partial charge on any atom is 0.269 e. The molecular formula is C28H23ClFN3O2. The summed E-state index contributed by atoms with van der Waals surface area (Å²) in [7, 11) is 1.45. The van der Waals surface area contributed by atoms with Gasteiger partial charge < -0.3 is 4.74 Å². The largest absolute Gasteiger partial charge is 0.375 e. The number of hydrazone groups is 1. The summed E-state index contributed by atoms with van der Waals surface area (Å²) in [5, 5.41) is 7.56. The molecule has 0 saturated carbocycles. The summed E-state index contributed by atoms with van der Waals surface area (Å²) in [6, 6.07) is 21.4. The molecule has 0 radical (unpaired) electrons. The third-order valence-electron chi connectivity index (χ3n) is 6.18. The highest BCUT2D eigenvalue weighted by Gasteiger charge is 2.36. The molecule has 1 unspecified atom stereocenters. The zero-order valence-electron chi connectivity index (χ0n) is 19.3. The Labute approximate surface area is 207 Å². The standard InChI is InChI=1S/C28H23ClFN3O2/c1-17-27(28(18-8-4-3-5-9-18)21-14-19(29)12-13-23(21)31-17)24-15-25(20-10-6-7-11-22(20)30)33(32-24)26(34)16-35-2/h3-14,25H,15-16H2,1-2H3. The van der Waals surface area contributed by atoms with Crippen LogP contribution in [0.2, 0.25) is 5.02 Å². The maximum absolute atomic E-state index is 14.8. The van der Waals surface area contributed by atoms with Crippen LogP contribution in [0.15, 0.2) is 77.9 Å². The lowest BCUT2D eigenvalue weighted by molar-refractivity contribution is -0.137. The van der Waals surface area contributed by atoms with Gasteiger partial charge in [0.2, 0.25) is 0 Å². The van der Waals surface area contributed by atoms with Gasteiger partial charge in [0, 0.05) is 46.3 Å². The van der Waals surface area contributed by atoms with Crippen molar-refractivity contribution in [2.45, 2.75) is 19.4 Å². The van der Waals surface area contributed by atoms with Crippen molar-refractivity contribution in [1.29, 1.82) is 0 Å². The highest BCUT2D eigenvalue weighted by atomic mass is 35.5. The molecule has 5 rings (SSSR count). The highest BCUT2D eigenvalue weighted by Crippen LogP contribution is 2.40. The summed E-state index contributed by atoms with van der Waals surface area (Å²) in [5.41, 5.74) is 5.38. The average molecular weight is 488 g/mol. The number of amides is 1. The van der Waals surface area contributed by atoms with Crippen LogP contribution in [0.25, 0.3) is 22.0 Å².